The highest BCUT2D eigenvalue weighted by molar-refractivity contribution is 6.31. The first-order chi connectivity index (χ1) is 11.5. The van der Waals surface area contributed by atoms with Crippen LogP contribution >= 0.6 is 23.2 Å². The van der Waals surface area contributed by atoms with E-state index in [9.17, 15) is 14.0 Å². The molecule has 0 saturated carbocycles. The van der Waals surface area contributed by atoms with E-state index in [-0.39, 0.29) is 23.9 Å². The summed E-state index contributed by atoms with van der Waals surface area (Å²) in [6.45, 7) is -0.491. The van der Waals surface area contributed by atoms with Crippen molar-refractivity contribution in [2.45, 2.75) is 0 Å². The van der Waals surface area contributed by atoms with Gasteiger partial charge in [-0.3, -0.25) is 14.5 Å². The Morgan fingerprint density at radius 1 is 1.29 bits per heavy atom. The standard InChI is InChI=1S/C16H11Cl2FN2O3/c17-9-4-5-13-12(6-9)21(15(23)8-24-13)7-14(22)20-11-3-1-2-10(18)16(11)19/h1-6H,7-8H2,(H,20,22). The van der Waals surface area contributed by atoms with Crippen molar-refractivity contribution < 1.29 is 18.7 Å². The zero-order chi connectivity index (χ0) is 17.3. The lowest BCUT2D eigenvalue weighted by molar-refractivity contribution is -0.123. The molecule has 1 heterocycles. The summed E-state index contributed by atoms with van der Waals surface area (Å²) in [4.78, 5) is 25.5. The minimum atomic E-state index is -0.732. The molecule has 1 aliphatic heterocycles. The molecular formula is C16H11Cl2FN2O3. The third-order valence-corrected chi connectivity index (χ3v) is 3.92. The minimum Gasteiger partial charge on any atom is -0.482 e. The monoisotopic (exact) mass is 368 g/mol. The third-order valence-electron chi connectivity index (χ3n) is 3.39. The van der Waals surface area contributed by atoms with Crippen molar-refractivity contribution in [3.05, 3.63) is 52.3 Å². The van der Waals surface area contributed by atoms with E-state index in [1.54, 1.807) is 12.1 Å². The van der Waals surface area contributed by atoms with Crippen LogP contribution < -0.4 is 15.0 Å². The summed E-state index contributed by atoms with van der Waals surface area (Å²) in [5.41, 5.74) is 0.333. The number of nitrogens with one attached hydrogen (secondary N) is 1. The molecule has 24 heavy (non-hydrogen) atoms. The highest BCUT2D eigenvalue weighted by Gasteiger charge is 2.27. The molecule has 1 aliphatic rings. The van der Waals surface area contributed by atoms with Gasteiger partial charge in [0.25, 0.3) is 5.91 Å². The van der Waals surface area contributed by atoms with Gasteiger partial charge in [0.05, 0.1) is 16.4 Å². The van der Waals surface area contributed by atoms with E-state index in [1.165, 1.54) is 29.2 Å². The summed E-state index contributed by atoms with van der Waals surface area (Å²) in [7, 11) is 0. The van der Waals surface area contributed by atoms with Gasteiger partial charge < -0.3 is 10.1 Å². The summed E-state index contributed by atoms with van der Waals surface area (Å²) in [5.74, 6) is -1.26. The topological polar surface area (TPSA) is 58.6 Å². The Labute approximate surface area is 146 Å². The smallest absolute Gasteiger partial charge is 0.265 e. The van der Waals surface area contributed by atoms with Crippen molar-refractivity contribution in [2.75, 3.05) is 23.4 Å². The van der Waals surface area contributed by atoms with Gasteiger partial charge in [-0.25, -0.2) is 4.39 Å². The average Bonchev–Trinajstić information content (AvgIpc) is 2.55. The first-order valence-corrected chi connectivity index (χ1v) is 7.68. The second-order valence-electron chi connectivity index (χ2n) is 5.03. The second kappa shape index (κ2) is 6.67. The first-order valence-electron chi connectivity index (χ1n) is 6.92. The first kappa shape index (κ1) is 16.5. The number of benzene rings is 2. The SMILES string of the molecule is O=C(CN1C(=O)COc2ccc(Cl)cc21)Nc1cccc(Cl)c1F. The molecule has 2 aromatic carbocycles. The molecule has 0 saturated heterocycles. The Bertz CT molecular complexity index is 829. The van der Waals surface area contributed by atoms with Crippen LogP contribution in [0.3, 0.4) is 0 Å². The molecule has 0 aromatic heterocycles. The average molecular weight is 369 g/mol. The largest absolute Gasteiger partial charge is 0.482 e. The van der Waals surface area contributed by atoms with E-state index < -0.39 is 17.6 Å². The molecule has 0 atom stereocenters. The number of carbonyl (C=O) groups is 2. The molecule has 3 rings (SSSR count). The van der Waals surface area contributed by atoms with Crippen molar-refractivity contribution >= 4 is 46.4 Å². The minimum absolute atomic E-state index is 0.0560. The van der Waals surface area contributed by atoms with Crippen LogP contribution in [-0.2, 0) is 9.59 Å². The maximum absolute atomic E-state index is 13.8. The summed E-state index contributed by atoms with van der Waals surface area (Å²) in [6.07, 6.45) is 0. The predicted molar refractivity (Wildman–Crippen MR) is 89.3 cm³/mol. The molecule has 2 amide bonds. The number of hydrogen-bond donors (Lipinski definition) is 1. The fourth-order valence-corrected chi connectivity index (χ4v) is 2.62. The summed E-state index contributed by atoms with van der Waals surface area (Å²) in [5, 5.41) is 2.70. The Morgan fingerprint density at radius 3 is 2.88 bits per heavy atom. The lowest BCUT2D eigenvalue weighted by Crippen LogP contribution is -2.43. The van der Waals surface area contributed by atoms with Gasteiger partial charge >= 0.3 is 0 Å². The highest BCUT2D eigenvalue weighted by atomic mass is 35.5. The summed E-state index contributed by atoms with van der Waals surface area (Å²) < 4.78 is 19.1. The number of fused-ring (bicyclic) bond motifs is 1. The number of amides is 2. The quantitative estimate of drug-likeness (QED) is 0.901. The number of ether oxygens (including phenoxy) is 1. The number of anilines is 2. The van der Waals surface area contributed by atoms with E-state index in [0.717, 1.165) is 0 Å². The lowest BCUT2D eigenvalue weighted by atomic mass is 10.2. The van der Waals surface area contributed by atoms with Crippen LogP contribution in [0.5, 0.6) is 5.75 Å². The molecule has 2 aromatic rings. The Hall–Kier alpha value is -2.31. The van der Waals surface area contributed by atoms with Crippen LogP contribution in [0.25, 0.3) is 0 Å². The van der Waals surface area contributed by atoms with Crippen molar-refractivity contribution in [3.63, 3.8) is 0 Å². The molecule has 0 unspecified atom stereocenters. The van der Waals surface area contributed by atoms with Gasteiger partial charge in [0, 0.05) is 5.02 Å². The molecular weight excluding hydrogens is 358 g/mol. The second-order valence-corrected chi connectivity index (χ2v) is 5.87. The van der Waals surface area contributed by atoms with E-state index in [2.05, 4.69) is 5.32 Å². The van der Waals surface area contributed by atoms with Crippen LogP contribution in [0.2, 0.25) is 10.0 Å². The van der Waals surface area contributed by atoms with Gasteiger partial charge in [0.1, 0.15) is 12.3 Å². The summed E-state index contributed by atoms with van der Waals surface area (Å²) >= 11 is 11.6. The maximum Gasteiger partial charge on any atom is 0.265 e. The Balaban J connectivity index is 1.80. The van der Waals surface area contributed by atoms with Crippen LogP contribution in [0.4, 0.5) is 15.8 Å². The normalized spacial score (nSPS) is 13.3. The van der Waals surface area contributed by atoms with Crippen LogP contribution in [-0.4, -0.2) is 25.0 Å². The van der Waals surface area contributed by atoms with E-state index in [4.69, 9.17) is 27.9 Å². The zero-order valence-corrected chi connectivity index (χ0v) is 13.7. The number of rotatable bonds is 3. The molecule has 0 radical (unpaired) electrons. The van der Waals surface area contributed by atoms with Crippen LogP contribution in [0.1, 0.15) is 0 Å². The van der Waals surface area contributed by atoms with Crippen molar-refractivity contribution in [2.24, 2.45) is 0 Å². The Morgan fingerprint density at radius 2 is 2.08 bits per heavy atom. The fraction of sp³-hybridized carbons (Fsp3) is 0.125. The van der Waals surface area contributed by atoms with Gasteiger partial charge in [0.15, 0.2) is 12.4 Å². The number of hydrogen-bond acceptors (Lipinski definition) is 3. The zero-order valence-electron chi connectivity index (χ0n) is 12.2. The molecule has 0 spiro atoms. The molecule has 0 fully saturated rings. The molecule has 0 bridgehead atoms. The molecule has 5 nitrogen and oxygen atoms in total. The van der Waals surface area contributed by atoms with Crippen molar-refractivity contribution in [1.29, 1.82) is 0 Å². The van der Waals surface area contributed by atoms with Gasteiger partial charge in [0.2, 0.25) is 5.91 Å². The van der Waals surface area contributed by atoms with Crippen LogP contribution in [0.15, 0.2) is 36.4 Å². The summed E-state index contributed by atoms with van der Waals surface area (Å²) in [6, 6.07) is 9.03. The van der Waals surface area contributed by atoms with Crippen molar-refractivity contribution in [1.82, 2.24) is 0 Å². The molecule has 124 valence electrons. The Kier molecular flexibility index (Phi) is 4.59. The third kappa shape index (κ3) is 3.29. The van der Waals surface area contributed by atoms with Gasteiger partial charge in [-0.15, -0.1) is 0 Å². The van der Waals surface area contributed by atoms with E-state index in [1.807, 2.05) is 0 Å². The van der Waals surface area contributed by atoms with Gasteiger partial charge in [-0.1, -0.05) is 29.3 Å². The highest BCUT2D eigenvalue weighted by Crippen LogP contribution is 2.34. The van der Waals surface area contributed by atoms with E-state index in [0.29, 0.717) is 16.5 Å². The van der Waals surface area contributed by atoms with Crippen LogP contribution in [0, 0.1) is 5.82 Å². The lowest BCUT2D eigenvalue weighted by Gasteiger charge is -2.29. The van der Waals surface area contributed by atoms with Crippen molar-refractivity contribution in [3.8, 4) is 5.75 Å². The molecule has 8 heteroatoms. The number of carbonyl (C=O) groups excluding carboxylic acids is 2. The van der Waals surface area contributed by atoms with Gasteiger partial charge in [-0.2, -0.15) is 0 Å². The van der Waals surface area contributed by atoms with Gasteiger partial charge in [-0.05, 0) is 30.3 Å². The number of nitrogens with zero attached hydrogens (tertiary/aromatic N) is 1. The fourth-order valence-electron chi connectivity index (χ4n) is 2.28. The maximum atomic E-state index is 13.8. The molecule has 1 N–H and O–H groups in total. The predicted octanol–water partition coefficient (Wildman–Crippen LogP) is 3.50. The number of halogens is 3. The molecule has 0 aliphatic carbocycles. The van der Waals surface area contributed by atoms with E-state index >= 15 is 0 Å².